The van der Waals surface area contributed by atoms with E-state index in [0.717, 1.165) is 11.5 Å². The summed E-state index contributed by atoms with van der Waals surface area (Å²) in [4.78, 5) is 11.5. The number of aryl methyl sites for hydroxylation is 1. The summed E-state index contributed by atoms with van der Waals surface area (Å²) in [7, 11) is 0. The van der Waals surface area contributed by atoms with Gasteiger partial charge in [-0.2, -0.15) is 0 Å². The van der Waals surface area contributed by atoms with E-state index < -0.39 is 0 Å². The fourth-order valence-corrected chi connectivity index (χ4v) is 1.41. The largest absolute Gasteiger partial charge is 0.469 e. The first-order valence-electron chi connectivity index (χ1n) is 4.91. The van der Waals surface area contributed by atoms with Crippen LogP contribution in [0, 0.1) is 0 Å². The van der Waals surface area contributed by atoms with Crippen molar-refractivity contribution in [1.82, 2.24) is 0 Å². The molecular formula is C12H12O3. The molecule has 0 saturated heterocycles. The van der Waals surface area contributed by atoms with Crippen molar-refractivity contribution in [2.24, 2.45) is 0 Å². The zero-order valence-electron chi connectivity index (χ0n) is 8.31. The second-order valence-electron chi connectivity index (χ2n) is 3.37. The van der Waals surface area contributed by atoms with Crippen LogP contribution in [-0.4, -0.2) is 5.78 Å². The molecule has 0 amide bonds. The number of carbonyl (C=O) groups excluding carboxylic acids is 1. The van der Waals surface area contributed by atoms with Gasteiger partial charge in [-0.3, -0.25) is 4.79 Å². The monoisotopic (exact) mass is 204 g/mol. The van der Waals surface area contributed by atoms with Crippen LogP contribution in [0.3, 0.4) is 0 Å². The van der Waals surface area contributed by atoms with Crippen LogP contribution in [0.5, 0.6) is 0 Å². The lowest BCUT2D eigenvalue weighted by molar-refractivity contribution is -0.118. The van der Waals surface area contributed by atoms with Crippen LogP contribution in [0.25, 0.3) is 0 Å². The summed E-state index contributed by atoms with van der Waals surface area (Å²) in [5.74, 6) is 1.74. The lowest BCUT2D eigenvalue weighted by atomic mass is 10.1. The standard InChI is InChI=1S/C12H12O3/c13-10(9-12-4-2-8-15-12)5-6-11-3-1-7-14-11/h1-4,7-8H,5-6,9H2. The summed E-state index contributed by atoms with van der Waals surface area (Å²) in [5.41, 5.74) is 0. The van der Waals surface area contributed by atoms with Gasteiger partial charge in [0.15, 0.2) is 0 Å². The van der Waals surface area contributed by atoms with Gasteiger partial charge in [0.05, 0.1) is 18.9 Å². The molecule has 0 radical (unpaired) electrons. The van der Waals surface area contributed by atoms with Gasteiger partial charge in [-0.05, 0) is 24.3 Å². The van der Waals surface area contributed by atoms with Gasteiger partial charge in [-0.1, -0.05) is 0 Å². The van der Waals surface area contributed by atoms with E-state index in [1.807, 2.05) is 18.2 Å². The summed E-state index contributed by atoms with van der Waals surface area (Å²) in [6, 6.07) is 7.30. The third-order valence-corrected chi connectivity index (χ3v) is 2.18. The highest BCUT2D eigenvalue weighted by molar-refractivity contribution is 5.80. The Morgan fingerprint density at radius 1 is 1.07 bits per heavy atom. The molecule has 3 nitrogen and oxygen atoms in total. The number of rotatable bonds is 5. The van der Waals surface area contributed by atoms with Gasteiger partial charge in [0.25, 0.3) is 0 Å². The molecule has 0 bridgehead atoms. The summed E-state index contributed by atoms with van der Waals surface area (Å²) >= 11 is 0. The minimum absolute atomic E-state index is 0.168. The van der Waals surface area contributed by atoms with Gasteiger partial charge in [0.1, 0.15) is 17.3 Å². The van der Waals surface area contributed by atoms with E-state index in [0.29, 0.717) is 19.3 Å². The Morgan fingerprint density at radius 2 is 1.73 bits per heavy atom. The van der Waals surface area contributed by atoms with Gasteiger partial charge in [-0.15, -0.1) is 0 Å². The minimum atomic E-state index is 0.168. The van der Waals surface area contributed by atoms with Gasteiger partial charge in [0.2, 0.25) is 0 Å². The smallest absolute Gasteiger partial charge is 0.140 e. The number of furan rings is 2. The van der Waals surface area contributed by atoms with Crippen LogP contribution < -0.4 is 0 Å². The zero-order chi connectivity index (χ0) is 10.5. The maximum atomic E-state index is 11.5. The lowest BCUT2D eigenvalue weighted by Gasteiger charge is -1.96. The Bertz CT molecular complexity index is 398. The number of hydrogen-bond donors (Lipinski definition) is 0. The number of ketones is 1. The van der Waals surface area contributed by atoms with Crippen molar-refractivity contribution in [1.29, 1.82) is 0 Å². The highest BCUT2D eigenvalue weighted by Gasteiger charge is 2.07. The summed E-state index contributed by atoms with van der Waals surface area (Å²) in [5, 5.41) is 0. The highest BCUT2D eigenvalue weighted by Crippen LogP contribution is 2.07. The average Bonchev–Trinajstić information content (AvgIpc) is 2.86. The van der Waals surface area contributed by atoms with E-state index in [9.17, 15) is 4.79 Å². The number of hydrogen-bond acceptors (Lipinski definition) is 3. The molecule has 15 heavy (non-hydrogen) atoms. The Hall–Kier alpha value is -1.77. The third kappa shape index (κ3) is 2.84. The predicted molar refractivity (Wildman–Crippen MR) is 54.4 cm³/mol. The van der Waals surface area contributed by atoms with Crippen LogP contribution in [0.15, 0.2) is 45.6 Å². The quantitative estimate of drug-likeness (QED) is 0.751. The maximum absolute atomic E-state index is 11.5. The fourth-order valence-electron chi connectivity index (χ4n) is 1.41. The zero-order valence-corrected chi connectivity index (χ0v) is 8.31. The molecule has 0 spiro atoms. The lowest BCUT2D eigenvalue weighted by Crippen LogP contribution is -2.03. The van der Waals surface area contributed by atoms with E-state index in [4.69, 9.17) is 8.83 Å². The van der Waals surface area contributed by atoms with E-state index in [1.165, 1.54) is 0 Å². The fraction of sp³-hybridized carbons (Fsp3) is 0.250. The van der Waals surface area contributed by atoms with Crippen molar-refractivity contribution >= 4 is 5.78 Å². The first kappa shape index (κ1) is 9.77. The SMILES string of the molecule is O=C(CCc1ccco1)Cc1ccco1. The van der Waals surface area contributed by atoms with Crippen LogP contribution in [0.1, 0.15) is 17.9 Å². The first-order valence-corrected chi connectivity index (χ1v) is 4.91. The van der Waals surface area contributed by atoms with E-state index in [1.54, 1.807) is 18.6 Å². The second-order valence-corrected chi connectivity index (χ2v) is 3.37. The summed E-state index contributed by atoms with van der Waals surface area (Å²) < 4.78 is 10.2. The molecular weight excluding hydrogens is 192 g/mol. The Labute approximate surface area is 87.7 Å². The maximum Gasteiger partial charge on any atom is 0.140 e. The highest BCUT2D eigenvalue weighted by atomic mass is 16.3. The molecule has 0 unspecified atom stereocenters. The molecule has 2 aromatic rings. The van der Waals surface area contributed by atoms with E-state index >= 15 is 0 Å². The van der Waals surface area contributed by atoms with Crippen molar-refractivity contribution in [2.45, 2.75) is 19.3 Å². The molecule has 0 aliphatic carbocycles. The van der Waals surface area contributed by atoms with Crippen molar-refractivity contribution < 1.29 is 13.6 Å². The van der Waals surface area contributed by atoms with E-state index in [2.05, 4.69) is 0 Å². The van der Waals surface area contributed by atoms with Gasteiger partial charge >= 0.3 is 0 Å². The summed E-state index contributed by atoms with van der Waals surface area (Å²) in [6.45, 7) is 0. The Balaban J connectivity index is 1.78. The van der Waals surface area contributed by atoms with Crippen molar-refractivity contribution in [2.75, 3.05) is 0 Å². The Morgan fingerprint density at radius 3 is 2.33 bits per heavy atom. The molecule has 2 aromatic heterocycles. The molecule has 0 atom stereocenters. The molecule has 2 heterocycles. The van der Waals surface area contributed by atoms with Crippen LogP contribution in [0.4, 0.5) is 0 Å². The molecule has 0 aliphatic rings. The van der Waals surface area contributed by atoms with Crippen LogP contribution >= 0.6 is 0 Å². The normalized spacial score (nSPS) is 10.4. The average molecular weight is 204 g/mol. The molecule has 0 saturated carbocycles. The molecule has 0 aromatic carbocycles. The molecule has 2 rings (SSSR count). The number of carbonyl (C=O) groups is 1. The Kier molecular flexibility index (Phi) is 3.02. The van der Waals surface area contributed by atoms with Crippen molar-refractivity contribution in [3.63, 3.8) is 0 Å². The molecule has 78 valence electrons. The molecule has 0 N–H and O–H groups in total. The predicted octanol–water partition coefficient (Wildman–Crippen LogP) is 2.62. The van der Waals surface area contributed by atoms with Crippen molar-refractivity contribution in [3.8, 4) is 0 Å². The third-order valence-electron chi connectivity index (χ3n) is 2.18. The van der Waals surface area contributed by atoms with Gasteiger partial charge in [0, 0.05) is 12.8 Å². The van der Waals surface area contributed by atoms with Crippen molar-refractivity contribution in [3.05, 3.63) is 48.3 Å². The second kappa shape index (κ2) is 4.64. The van der Waals surface area contributed by atoms with Crippen LogP contribution in [-0.2, 0) is 17.6 Å². The molecule has 0 aliphatic heterocycles. The molecule has 0 fully saturated rings. The van der Waals surface area contributed by atoms with Gasteiger partial charge in [-0.25, -0.2) is 0 Å². The van der Waals surface area contributed by atoms with Crippen LogP contribution in [0.2, 0.25) is 0 Å². The summed E-state index contributed by atoms with van der Waals surface area (Å²) in [6.07, 6.45) is 4.72. The van der Waals surface area contributed by atoms with E-state index in [-0.39, 0.29) is 5.78 Å². The molecule has 3 heteroatoms. The van der Waals surface area contributed by atoms with Gasteiger partial charge < -0.3 is 8.83 Å². The minimum Gasteiger partial charge on any atom is -0.469 e. The number of Topliss-reactive ketones (excluding diaryl/α,β-unsaturated/α-hetero) is 1. The topological polar surface area (TPSA) is 43.4 Å². The first-order chi connectivity index (χ1) is 7.34.